The molecule has 0 saturated carbocycles. The fourth-order valence-corrected chi connectivity index (χ4v) is 2.96. The summed E-state index contributed by atoms with van der Waals surface area (Å²) in [7, 11) is 0. The number of rotatable bonds is 2. The molecule has 0 radical (unpaired) electrons. The SMILES string of the molecule is CCC1NC(C)CC1C1CCOC1. The monoisotopic (exact) mass is 183 g/mol. The molecular weight excluding hydrogens is 162 g/mol. The van der Waals surface area contributed by atoms with Gasteiger partial charge in [0.15, 0.2) is 0 Å². The Hall–Kier alpha value is -0.0800. The third kappa shape index (κ3) is 1.89. The molecule has 2 heterocycles. The predicted octanol–water partition coefficient (Wildman–Crippen LogP) is 1.80. The van der Waals surface area contributed by atoms with Gasteiger partial charge in [-0.2, -0.15) is 0 Å². The molecule has 0 spiro atoms. The molecule has 1 N–H and O–H groups in total. The third-order valence-electron chi connectivity index (χ3n) is 3.65. The van der Waals surface area contributed by atoms with Crippen molar-refractivity contribution in [3.05, 3.63) is 0 Å². The summed E-state index contributed by atoms with van der Waals surface area (Å²) in [5, 5.41) is 3.67. The zero-order valence-corrected chi connectivity index (χ0v) is 8.75. The second kappa shape index (κ2) is 3.97. The van der Waals surface area contributed by atoms with Crippen LogP contribution < -0.4 is 5.32 Å². The van der Waals surface area contributed by atoms with Crippen LogP contribution in [0.4, 0.5) is 0 Å². The molecule has 76 valence electrons. The Kier molecular flexibility index (Phi) is 2.89. The lowest BCUT2D eigenvalue weighted by atomic mass is 9.84. The van der Waals surface area contributed by atoms with Crippen molar-refractivity contribution < 1.29 is 4.74 Å². The Bertz CT molecular complexity index is 163. The first-order valence-electron chi connectivity index (χ1n) is 5.65. The molecule has 0 aromatic heterocycles. The summed E-state index contributed by atoms with van der Waals surface area (Å²) in [4.78, 5) is 0. The van der Waals surface area contributed by atoms with Gasteiger partial charge in [-0.05, 0) is 38.0 Å². The molecule has 2 rings (SSSR count). The zero-order chi connectivity index (χ0) is 9.26. The Morgan fingerprint density at radius 2 is 2.31 bits per heavy atom. The van der Waals surface area contributed by atoms with Gasteiger partial charge in [-0.3, -0.25) is 0 Å². The van der Waals surface area contributed by atoms with Crippen molar-refractivity contribution in [2.75, 3.05) is 13.2 Å². The number of hydrogen-bond donors (Lipinski definition) is 1. The van der Waals surface area contributed by atoms with Crippen LogP contribution in [0.3, 0.4) is 0 Å². The van der Waals surface area contributed by atoms with Gasteiger partial charge >= 0.3 is 0 Å². The van der Waals surface area contributed by atoms with Crippen LogP contribution in [-0.4, -0.2) is 25.3 Å². The van der Waals surface area contributed by atoms with Crippen molar-refractivity contribution in [2.45, 2.75) is 45.2 Å². The third-order valence-corrected chi connectivity index (χ3v) is 3.65. The van der Waals surface area contributed by atoms with Crippen LogP contribution in [0.2, 0.25) is 0 Å². The summed E-state index contributed by atoms with van der Waals surface area (Å²) in [6.45, 7) is 6.60. The van der Waals surface area contributed by atoms with Crippen LogP contribution in [-0.2, 0) is 4.74 Å². The van der Waals surface area contributed by atoms with E-state index >= 15 is 0 Å². The molecule has 2 aliphatic rings. The zero-order valence-electron chi connectivity index (χ0n) is 8.75. The summed E-state index contributed by atoms with van der Waals surface area (Å²) >= 11 is 0. The van der Waals surface area contributed by atoms with Crippen molar-refractivity contribution in [1.29, 1.82) is 0 Å². The van der Waals surface area contributed by atoms with Gasteiger partial charge in [0, 0.05) is 25.3 Å². The predicted molar refractivity (Wildman–Crippen MR) is 53.7 cm³/mol. The van der Waals surface area contributed by atoms with E-state index in [1.807, 2.05) is 0 Å². The highest BCUT2D eigenvalue weighted by Gasteiger charge is 2.37. The lowest BCUT2D eigenvalue weighted by molar-refractivity contribution is 0.167. The van der Waals surface area contributed by atoms with Crippen molar-refractivity contribution >= 4 is 0 Å². The fraction of sp³-hybridized carbons (Fsp3) is 1.00. The van der Waals surface area contributed by atoms with Crippen molar-refractivity contribution in [3.63, 3.8) is 0 Å². The van der Waals surface area contributed by atoms with Crippen LogP contribution in [0.5, 0.6) is 0 Å². The molecule has 13 heavy (non-hydrogen) atoms. The first-order valence-corrected chi connectivity index (χ1v) is 5.65. The number of ether oxygens (including phenoxy) is 1. The second-order valence-corrected chi connectivity index (χ2v) is 4.61. The average Bonchev–Trinajstić information content (AvgIpc) is 2.71. The van der Waals surface area contributed by atoms with Gasteiger partial charge < -0.3 is 10.1 Å². The van der Waals surface area contributed by atoms with E-state index in [2.05, 4.69) is 19.2 Å². The Balaban J connectivity index is 1.96. The lowest BCUT2D eigenvalue weighted by Gasteiger charge is -2.22. The van der Waals surface area contributed by atoms with Gasteiger partial charge in [-0.1, -0.05) is 6.92 Å². The first-order chi connectivity index (χ1) is 6.31. The Morgan fingerprint density at radius 1 is 1.46 bits per heavy atom. The van der Waals surface area contributed by atoms with E-state index in [1.54, 1.807) is 0 Å². The number of nitrogens with one attached hydrogen (secondary N) is 1. The minimum Gasteiger partial charge on any atom is -0.381 e. The van der Waals surface area contributed by atoms with E-state index < -0.39 is 0 Å². The van der Waals surface area contributed by atoms with Crippen LogP contribution in [0, 0.1) is 11.8 Å². The summed E-state index contributed by atoms with van der Waals surface area (Å²) in [6.07, 6.45) is 3.91. The maximum Gasteiger partial charge on any atom is 0.0498 e. The molecule has 2 fully saturated rings. The standard InChI is InChI=1S/C11H21NO/c1-3-11-10(6-8(2)12-11)9-4-5-13-7-9/h8-12H,3-7H2,1-2H3. The highest BCUT2D eigenvalue weighted by atomic mass is 16.5. The molecule has 0 bridgehead atoms. The summed E-state index contributed by atoms with van der Waals surface area (Å²) in [5.41, 5.74) is 0. The van der Waals surface area contributed by atoms with Crippen molar-refractivity contribution in [3.8, 4) is 0 Å². The molecule has 2 saturated heterocycles. The highest BCUT2D eigenvalue weighted by molar-refractivity contribution is 4.92. The van der Waals surface area contributed by atoms with E-state index in [4.69, 9.17) is 4.74 Å². The molecule has 0 aliphatic carbocycles. The summed E-state index contributed by atoms with van der Waals surface area (Å²) in [6, 6.07) is 1.47. The van der Waals surface area contributed by atoms with Gasteiger partial charge in [0.25, 0.3) is 0 Å². The van der Waals surface area contributed by atoms with Gasteiger partial charge in [0.1, 0.15) is 0 Å². The lowest BCUT2D eigenvalue weighted by Crippen LogP contribution is -2.32. The molecule has 4 atom stereocenters. The maximum atomic E-state index is 5.47. The smallest absolute Gasteiger partial charge is 0.0498 e. The van der Waals surface area contributed by atoms with Gasteiger partial charge in [0.2, 0.25) is 0 Å². The quantitative estimate of drug-likeness (QED) is 0.705. The van der Waals surface area contributed by atoms with E-state index in [-0.39, 0.29) is 0 Å². The van der Waals surface area contributed by atoms with Crippen molar-refractivity contribution in [2.24, 2.45) is 11.8 Å². The van der Waals surface area contributed by atoms with E-state index in [9.17, 15) is 0 Å². The summed E-state index contributed by atoms with van der Waals surface area (Å²) < 4.78 is 5.47. The van der Waals surface area contributed by atoms with Crippen LogP contribution >= 0.6 is 0 Å². The van der Waals surface area contributed by atoms with Gasteiger partial charge in [-0.15, -0.1) is 0 Å². The normalized spacial score (nSPS) is 45.7. The van der Waals surface area contributed by atoms with Gasteiger partial charge in [0.05, 0.1) is 0 Å². The summed E-state index contributed by atoms with van der Waals surface area (Å²) in [5.74, 6) is 1.71. The fourth-order valence-electron chi connectivity index (χ4n) is 2.96. The topological polar surface area (TPSA) is 21.3 Å². The van der Waals surface area contributed by atoms with E-state index in [0.717, 1.165) is 37.1 Å². The minimum atomic E-state index is 0.718. The minimum absolute atomic E-state index is 0.718. The molecule has 2 nitrogen and oxygen atoms in total. The van der Waals surface area contributed by atoms with Gasteiger partial charge in [-0.25, -0.2) is 0 Å². The molecule has 0 amide bonds. The second-order valence-electron chi connectivity index (χ2n) is 4.61. The molecule has 0 aromatic rings. The molecule has 0 aromatic carbocycles. The Morgan fingerprint density at radius 3 is 2.92 bits per heavy atom. The first kappa shape index (κ1) is 9.47. The Labute approximate surface area is 81.0 Å². The maximum absolute atomic E-state index is 5.47. The van der Waals surface area contributed by atoms with Crippen molar-refractivity contribution in [1.82, 2.24) is 5.32 Å². The molecular formula is C11H21NO. The average molecular weight is 183 g/mol. The van der Waals surface area contributed by atoms with Crippen LogP contribution in [0.25, 0.3) is 0 Å². The molecule has 2 aliphatic heterocycles. The molecule has 4 unspecified atom stereocenters. The van der Waals surface area contributed by atoms with E-state index in [1.165, 1.54) is 19.3 Å². The largest absolute Gasteiger partial charge is 0.381 e. The van der Waals surface area contributed by atoms with Crippen LogP contribution in [0.15, 0.2) is 0 Å². The van der Waals surface area contributed by atoms with E-state index in [0.29, 0.717) is 0 Å². The molecule has 2 heteroatoms. The number of hydrogen-bond acceptors (Lipinski definition) is 2. The van der Waals surface area contributed by atoms with Crippen LogP contribution in [0.1, 0.15) is 33.1 Å². The highest BCUT2D eigenvalue weighted by Crippen LogP contribution is 2.33.